The number of thioether (sulfide) groups is 1. The molecule has 4 nitrogen and oxygen atoms in total. The lowest BCUT2D eigenvalue weighted by atomic mass is 10.1. The van der Waals surface area contributed by atoms with Crippen molar-refractivity contribution in [1.29, 1.82) is 0 Å². The Balaban J connectivity index is 1.79. The minimum Gasteiger partial charge on any atom is -0.350 e. The van der Waals surface area contributed by atoms with Gasteiger partial charge in [-0.2, -0.15) is 0 Å². The van der Waals surface area contributed by atoms with Crippen molar-refractivity contribution in [3.63, 3.8) is 0 Å². The summed E-state index contributed by atoms with van der Waals surface area (Å²) in [5.74, 6) is -0.700. The summed E-state index contributed by atoms with van der Waals surface area (Å²) in [6, 6.07) is 18.8. The van der Waals surface area contributed by atoms with Crippen molar-refractivity contribution in [2.45, 2.75) is 32.6 Å². The van der Waals surface area contributed by atoms with Gasteiger partial charge < -0.3 is 5.32 Å². The normalized spacial score (nSPS) is 13.8. The van der Waals surface area contributed by atoms with Crippen molar-refractivity contribution in [2.24, 2.45) is 0 Å². The highest BCUT2D eigenvalue weighted by Crippen LogP contribution is 2.39. The summed E-state index contributed by atoms with van der Waals surface area (Å²) in [4.78, 5) is 29.5. The fourth-order valence-electron chi connectivity index (χ4n) is 3.63. The molecule has 0 saturated heterocycles. The van der Waals surface area contributed by atoms with E-state index in [9.17, 15) is 9.59 Å². The van der Waals surface area contributed by atoms with Gasteiger partial charge in [-0.25, -0.2) is 4.90 Å². The minimum atomic E-state index is -0.362. The number of carbonyl (C=O) groups excluding carboxylic acids is 2. The van der Waals surface area contributed by atoms with Crippen molar-refractivity contribution >= 4 is 46.6 Å². The maximum atomic E-state index is 13.6. The molecule has 0 aromatic heterocycles. The van der Waals surface area contributed by atoms with Gasteiger partial charge >= 0.3 is 0 Å². The van der Waals surface area contributed by atoms with Crippen LogP contribution in [0.5, 0.6) is 0 Å². The zero-order valence-corrected chi connectivity index (χ0v) is 19.9. The molecule has 3 aromatic carbocycles. The van der Waals surface area contributed by atoms with E-state index in [1.165, 1.54) is 16.7 Å². The molecular weight excluding hydrogens is 440 g/mol. The van der Waals surface area contributed by atoms with Crippen LogP contribution in [0.15, 0.2) is 76.2 Å². The van der Waals surface area contributed by atoms with E-state index in [1.54, 1.807) is 12.1 Å². The topological polar surface area (TPSA) is 49.4 Å². The Morgan fingerprint density at radius 2 is 1.56 bits per heavy atom. The number of hydrogen-bond donors (Lipinski definition) is 1. The van der Waals surface area contributed by atoms with Crippen LogP contribution in [0.1, 0.15) is 22.3 Å². The average Bonchev–Trinajstić information content (AvgIpc) is 2.97. The second-order valence-corrected chi connectivity index (χ2v) is 9.39. The number of rotatable bonds is 5. The number of imide groups is 1. The van der Waals surface area contributed by atoms with E-state index in [0.717, 1.165) is 32.8 Å². The average molecular weight is 463 g/mol. The lowest BCUT2D eigenvalue weighted by Crippen LogP contribution is -2.33. The van der Waals surface area contributed by atoms with E-state index in [2.05, 4.69) is 5.32 Å². The highest BCUT2D eigenvalue weighted by molar-refractivity contribution is 8.04. The monoisotopic (exact) mass is 462 g/mol. The molecule has 3 aromatic rings. The molecule has 2 amide bonds. The van der Waals surface area contributed by atoms with E-state index in [-0.39, 0.29) is 17.5 Å². The highest BCUT2D eigenvalue weighted by atomic mass is 35.5. The van der Waals surface area contributed by atoms with Crippen LogP contribution in [0.3, 0.4) is 0 Å². The Morgan fingerprint density at radius 3 is 2.25 bits per heavy atom. The lowest BCUT2D eigenvalue weighted by molar-refractivity contribution is -0.120. The summed E-state index contributed by atoms with van der Waals surface area (Å²) in [5.41, 5.74) is 5.75. The predicted molar refractivity (Wildman–Crippen MR) is 132 cm³/mol. The van der Waals surface area contributed by atoms with Crippen molar-refractivity contribution < 1.29 is 9.59 Å². The highest BCUT2D eigenvalue weighted by Gasteiger charge is 2.41. The van der Waals surface area contributed by atoms with E-state index >= 15 is 0 Å². The van der Waals surface area contributed by atoms with E-state index in [0.29, 0.717) is 15.6 Å². The summed E-state index contributed by atoms with van der Waals surface area (Å²) >= 11 is 7.28. The summed E-state index contributed by atoms with van der Waals surface area (Å²) in [5, 5.41) is 3.88. The van der Waals surface area contributed by atoms with Gasteiger partial charge in [0.1, 0.15) is 10.6 Å². The molecule has 1 N–H and O–H groups in total. The Morgan fingerprint density at radius 1 is 0.844 bits per heavy atom. The Hall–Kier alpha value is -3.02. The van der Waals surface area contributed by atoms with Crippen molar-refractivity contribution in [3.8, 4) is 0 Å². The van der Waals surface area contributed by atoms with Gasteiger partial charge in [0.25, 0.3) is 11.8 Å². The largest absolute Gasteiger partial charge is 0.350 e. The number of nitrogens with one attached hydrogen (secondary N) is 1. The van der Waals surface area contributed by atoms with Crippen LogP contribution in [-0.4, -0.2) is 11.8 Å². The molecule has 0 radical (unpaired) electrons. The fraction of sp³-hybridized carbons (Fsp3) is 0.154. The molecule has 0 aliphatic carbocycles. The number of hydrogen-bond acceptors (Lipinski definition) is 4. The minimum absolute atomic E-state index is 0.281. The number of amides is 2. The molecule has 0 atom stereocenters. The first-order valence-corrected chi connectivity index (χ1v) is 11.4. The van der Waals surface area contributed by atoms with Gasteiger partial charge in [0.05, 0.1) is 5.69 Å². The van der Waals surface area contributed by atoms with Gasteiger partial charge in [-0.05, 0) is 80.8 Å². The van der Waals surface area contributed by atoms with E-state index < -0.39 is 0 Å². The van der Waals surface area contributed by atoms with Gasteiger partial charge in [-0.3, -0.25) is 9.59 Å². The maximum absolute atomic E-state index is 13.6. The number of halogens is 1. The molecule has 0 unspecified atom stereocenters. The number of carbonyl (C=O) groups is 2. The van der Waals surface area contributed by atoms with E-state index in [1.807, 2.05) is 76.2 Å². The van der Waals surface area contributed by atoms with Crippen LogP contribution in [0.4, 0.5) is 11.4 Å². The van der Waals surface area contributed by atoms with Gasteiger partial charge in [0.2, 0.25) is 0 Å². The molecule has 1 aliphatic heterocycles. The third kappa shape index (κ3) is 4.18. The summed E-state index contributed by atoms with van der Waals surface area (Å²) < 4.78 is 0. The lowest BCUT2D eigenvalue weighted by Gasteiger charge is -2.18. The summed E-state index contributed by atoms with van der Waals surface area (Å²) in [6.45, 7) is 7.90. The Bertz CT molecular complexity index is 1270. The van der Waals surface area contributed by atoms with Gasteiger partial charge in [0.15, 0.2) is 0 Å². The number of anilines is 2. The molecule has 6 heteroatoms. The molecule has 162 valence electrons. The quantitative estimate of drug-likeness (QED) is 0.436. The van der Waals surface area contributed by atoms with Crippen LogP contribution in [0, 0.1) is 27.7 Å². The number of aryl methyl sites for hydroxylation is 3. The van der Waals surface area contributed by atoms with Gasteiger partial charge in [-0.1, -0.05) is 53.2 Å². The molecule has 0 spiro atoms. The smallest absolute Gasteiger partial charge is 0.283 e. The molecule has 1 aliphatic rings. The Labute approximate surface area is 197 Å². The van der Waals surface area contributed by atoms with Crippen molar-refractivity contribution in [2.75, 3.05) is 10.2 Å². The fourth-order valence-corrected chi connectivity index (χ4v) is 4.68. The summed E-state index contributed by atoms with van der Waals surface area (Å²) in [7, 11) is 0. The number of nitrogens with zero attached hydrogens (tertiary/aromatic N) is 1. The molecule has 1 heterocycles. The third-order valence-corrected chi connectivity index (χ3v) is 6.88. The Kier molecular flexibility index (Phi) is 6.13. The SMILES string of the molecule is Cc1ccc(N2C(=O)C(Nc3cccc(C)c3C)=C(Sc3ccc(Cl)cc3)C2=O)c(C)c1. The van der Waals surface area contributed by atoms with Crippen LogP contribution in [0.25, 0.3) is 0 Å². The standard InChI is InChI=1S/C26H23ClN2O2S/c1-15-8-13-22(17(3)14-15)29-25(30)23(28-21-7-5-6-16(2)18(21)4)24(26(29)31)32-20-11-9-19(27)10-12-20/h5-14,28H,1-4H3. The zero-order valence-electron chi connectivity index (χ0n) is 18.3. The molecular formula is C26H23ClN2O2S. The van der Waals surface area contributed by atoms with Crippen molar-refractivity contribution in [3.05, 3.63) is 98.5 Å². The molecule has 32 heavy (non-hydrogen) atoms. The second kappa shape index (κ2) is 8.85. The first-order chi connectivity index (χ1) is 15.3. The number of benzene rings is 3. The maximum Gasteiger partial charge on any atom is 0.283 e. The molecule has 0 bridgehead atoms. The summed E-state index contributed by atoms with van der Waals surface area (Å²) in [6.07, 6.45) is 0. The predicted octanol–water partition coefficient (Wildman–Crippen LogP) is 6.56. The van der Waals surface area contributed by atoms with Crippen LogP contribution >= 0.6 is 23.4 Å². The van der Waals surface area contributed by atoms with Crippen LogP contribution in [-0.2, 0) is 9.59 Å². The van der Waals surface area contributed by atoms with Crippen molar-refractivity contribution in [1.82, 2.24) is 0 Å². The van der Waals surface area contributed by atoms with Gasteiger partial charge in [0, 0.05) is 15.6 Å². The first-order valence-electron chi connectivity index (χ1n) is 10.2. The zero-order chi connectivity index (χ0) is 23.0. The second-order valence-electron chi connectivity index (χ2n) is 7.87. The van der Waals surface area contributed by atoms with Crippen LogP contribution < -0.4 is 10.2 Å². The van der Waals surface area contributed by atoms with E-state index in [4.69, 9.17) is 11.6 Å². The molecule has 4 rings (SSSR count). The van der Waals surface area contributed by atoms with Gasteiger partial charge in [-0.15, -0.1) is 0 Å². The third-order valence-electron chi connectivity index (χ3n) is 5.53. The molecule has 0 saturated carbocycles. The van der Waals surface area contributed by atoms with Crippen LogP contribution in [0.2, 0.25) is 5.02 Å². The first kappa shape index (κ1) is 22.2. The molecule has 0 fully saturated rings.